The lowest BCUT2D eigenvalue weighted by atomic mass is 9.83. The molecule has 0 aromatic carbocycles. The van der Waals surface area contributed by atoms with Crippen molar-refractivity contribution in [1.82, 2.24) is 5.32 Å². The second-order valence-corrected chi connectivity index (χ2v) is 11.5. The molecule has 17 heteroatoms. The maximum atomic E-state index is 12.1. The summed E-state index contributed by atoms with van der Waals surface area (Å²) in [5.41, 5.74) is 35.9. The summed E-state index contributed by atoms with van der Waals surface area (Å²) in [6, 6.07) is -2.59. The van der Waals surface area contributed by atoms with Crippen LogP contribution in [0, 0.1) is 0 Å². The minimum Gasteiger partial charge on any atom is -0.394 e. The third-order valence-corrected chi connectivity index (χ3v) is 8.42. The summed E-state index contributed by atoms with van der Waals surface area (Å²) in [4.78, 5) is 12.1. The van der Waals surface area contributed by atoms with E-state index in [9.17, 15) is 20.1 Å². The minimum absolute atomic E-state index is 0.123. The van der Waals surface area contributed by atoms with Gasteiger partial charge in [0.15, 0.2) is 18.9 Å². The molecule has 1 saturated carbocycles. The fourth-order valence-electron chi connectivity index (χ4n) is 5.94. The summed E-state index contributed by atoms with van der Waals surface area (Å²) in [6.07, 6.45) is -8.22. The smallest absolute Gasteiger partial charge is 0.234 e. The van der Waals surface area contributed by atoms with Crippen LogP contribution in [0.2, 0.25) is 0 Å². The van der Waals surface area contributed by atoms with E-state index in [4.69, 9.17) is 62.8 Å². The van der Waals surface area contributed by atoms with Crippen molar-refractivity contribution in [2.75, 3.05) is 26.2 Å². The Morgan fingerprint density at radius 2 is 1.29 bits per heavy atom. The van der Waals surface area contributed by atoms with Crippen molar-refractivity contribution >= 4 is 5.91 Å². The lowest BCUT2D eigenvalue weighted by Crippen LogP contribution is -2.67. The van der Waals surface area contributed by atoms with Gasteiger partial charge in [0.05, 0.1) is 43.5 Å². The second-order valence-electron chi connectivity index (χ2n) is 11.5. The lowest BCUT2D eigenvalue weighted by Gasteiger charge is -2.46. The number of ether oxygens (including phenoxy) is 6. The van der Waals surface area contributed by atoms with Gasteiger partial charge in [0.25, 0.3) is 0 Å². The molecule has 0 radical (unpaired) electrons. The normalized spacial score (nSPS) is 46.5. The molecule has 244 valence electrons. The zero-order chi connectivity index (χ0) is 30.6. The lowest BCUT2D eigenvalue weighted by molar-refractivity contribution is -0.288. The van der Waals surface area contributed by atoms with Gasteiger partial charge in [-0.25, -0.2) is 0 Å². The highest BCUT2D eigenvalue weighted by molar-refractivity contribution is 5.78. The molecule has 4 aliphatic rings. The molecule has 3 saturated heterocycles. The standard InChI is InChI=1S/C25H49N7O10/c26-6-10-1-3-12(29)23(37-10)40-20-14(31)5-15(32-17(34)8-28)18(35)22(20)42-25-19(36)21(16(9-33)39-25)41-24-13(30)4-2-11(7-27)38-24/h10-16,18-25,33,35-36H,1-9,26-31H2,(H,32,34)/t10-,11+,12+,13+,14-,15+,16+,18-,19+,20+,21+,22+,23+,24+,25-/m0/s1. The Hall–Kier alpha value is -1.13. The fraction of sp³-hybridized carbons (Fsp3) is 0.960. The predicted molar refractivity (Wildman–Crippen MR) is 146 cm³/mol. The van der Waals surface area contributed by atoms with Crippen LogP contribution in [0.5, 0.6) is 0 Å². The van der Waals surface area contributed by atoms with Crippen LogP contribution in [-0.2, 0) is 33.2 Å². The number of amides is 1. The topological polar surface area (TPSA) is 301 Å². The van der Waals surface area contributed by atoms with Crippen molar-refractivity contribution in [2.45, 2.75) is 124 Å². The number of aliphatic hydroxyl groups excluding tert-OH is 3. The highest BCUT2D eigenvalue weighted by atomic mass is 16.8. The van der Waals surface area contributed by atoms with E-state index in [0.29, 0.717) is 25.7 Å². The Morgan fingerprint density at radius 3 is 1.81 bits per heavy atom. The zero-order valence-corrected chi connectivity index (χ0v) is 23.7. The van der Waals surface area contributed by atoms with Crippen LogP contribution in [-0.4, -0.2) is 139 Å². The van der Waals surface area contributed by atoms with Gasteiger partial charge in [-0.05, 0) is 32.1 Å². The zero-order valence-electron chi connectivity index (χ0n) is 23.7. The van der Waals surface area contributed by atoms with Gasteiger partial charge in [0.2, 0.25) is 5.91 Å². The van der Waals surface area contributed by atoms with Gasteiger partial charge < -0.3 is 83.5 Å². The van der Waals surface area contributed by atoms with Gasteiger partial charge in [0, 0.05) is 19.1 Å². The van der Waals surface area contributed by atoms with Crippen LogP contribution in [0.3, 0.4) is 0 Å². The first-order valence-electron chi connectivity index (χ1n) is 14.7. The number of hydrogen-bond donors (Lipinski definition) is 10. The number of rotatable bonds is 11. The molecule has 16 N–H and O–H groups in total. The molecule has 42 heavy (non-hydrogen) atoms. The number of nitrogens with one attached hydrogen (secondary N) is 1. The van der Waals surface area contributed by atoms with E-state index in [1.165, 1.54) is 0 Å². The Labute approximate surface area is 244 Å². The molecule has 0 bridgehead atoms. The van der Waals surface area contributed by atoms with E-state index in [-0.39, 0.29) is 38.3 Å². The second kappa shape index (κ2) is 15.2. The highest BCUT2D eigenvalue weighted by Gasteiger charge is 2.53. The average Bonchev–Trinajstić information content (AvgIpc) is 3.28. The first kappa shape index (κ1) is 33.8. The molecule has 1 aliphatic carbocycles. The molecule has 17 nitrogen and oxygen atoms in total. The van der Waals surface area contributed by atoms with Crippen molar-refractivity contribution in [3.8, 4) is 0 Å². The molecule has 3 aliphatic heterocycles. The maximum absolute atomic E-state index is 12.1. The third-order valence-electron chi connectivity index (χ3n) is 8.42. The van der Waals surface area contributed by atoms with E-state index in [0.717, 1.165) is 0 Å². The van der Waals surface area contributed by atoms with Gasteiger partial charge >= 0.3 is 0 Å². The number of nitrogens with two attached hydrogens (primary N) is 6. The summed E-state index contributed by atoms with van der Waals surface area (Å²) < 4.78 is 36.0. The number of carbonyl (C=O) groups is 1. The molecular formula is C25H49N7O10. The molecule has 0 spiro atoms. The van der Waals surface area contributed by atoms with Crippen LogP contribution in [0.1, 0.15) is 32.1 Å². The van der Waals surface area contributed by atoms with Crippen molar-refractivity contribution in [2.24, 2.45) is 34.4 Å². The molecule has 4 rings (SSSR count). The van der Waals surface area contributed by atoms with Gasteiger partial charge in [-0.2, -0.15) is 0 Å². The maximum Gasteiger partial charge on any atom is 0.234 e. The quantitative estimate of drug-likeness (QED) is 0.105. The van der Waals surface area contributed by atoms with Crippen LogP contribution in [0.4, 0.5) is 0 Å². The van der Waals surface area contributed by atoms with Crippen molar-refractivity contribution in [3.63, 3.8) is 0 Å². The van der Waals surface area contributed by atoms with Gasteiger partial charge in [-0.15, -0.1) is 0 Å². The van der Waals surface area contributed by atoms with E-state index in [1.807, 2.05) is 0 Å². The van der Waals surface area contributed by atoms with Crippen molar-refractivity contribution in [1.29, 1.82) is 0 Å². The SMILES string of the molecule is NCC(=O)N[C@@H]1C[C@H](N)[C@@H](O[C@H]2O[C@H](CN)CC[C@H]2N)[C@H](O[C@@H]2O[C@H](CO)[C@@H](O[C@H]3O[C@@H](CN)CC[C@H]3N)[C@H]2O)[C@H]1O. The molecule has 0 aromatic heterocycles. The first-order valence-corrected chi connectivity index (χ1v) is 14.7. The van der Waals surface area contributed by atoms with Gasteiger partial charge in [-0.3, -0.25) is 4.79 Å². The van der Waals surface area contributed by atoms with E-state index in [2.05, 4.69) is 5.32 Å². The Kier molecular flexibility index (Phi) is 12.2. The summed E-state index contributed by atoms with van der Waals surface area (Å²) in [5, 5.41) is 35.3. The van der Waals surface area contributed by atoms with Crippen molar-refractivity contribution < 1.29 is 48.5 Å². The summed E-state index contributed by atoms with van der Waals surface area (Å²) >= 11 is 0. The highest BCUT2D eigenvalue weighted by Crippen LogP contribution is 2.34. The van der Waals surface area contributed by atoms with Crippen LogP contribution >= 0.6 is 0 Å². The van der Waals surface area contributed by atoms with Gasteiger partial charge in [-0.1, -0.05) is 0 Å². The van der Waals surface area contributed by atoms with Crippen LogP contribution in [0.25, 0.3) is 0 Å². The Bertz CT molecular complexity index is 866. The summed E-state index contributed by atoms with van der Waals surface area (Å²) in [6.45, 7) is -0.273. The average molecular weight is 608 g/mol. The summed E-state index contributed by atoms with van der Waals surface area (Å²) in [7, 11) is 0. The Morgan fingerprint density at radius 1 is 0.738 bits per heavy atom. The molecule has 4 fully saturated rings. The molecule has 1 amide bonds. The third kappa shape index (κ3) is 7.74. The van der Waals surface area contributed by atoms with Crippen LogP contribution < -0.4 is 39.7 Å². The van der Waals surface area contributed by atoms with E-state index < -0.39 is 92.2 Å². The van der Waals surface area contributed by atoms with Crippen molar-refractivity contribution in [3.05, 3.63) is 0 Å². The van der Waals surface area contributed by atoms with E-state index >= 15 is 0 Å². The predicted octanol–water partition coefficient (Wildman–Crippen LogP) is -5.66. The number of aliphatic hydroxyl groups is 3. The molecule has 3 heterocycles. The molecule has 15 atom stereocenters. The first-order chi connectivity index (χ1) is 20.1. The minimum atomic E-state index is -1.44. The largest absolute Gasteiger partial charge is 0.394 e. The van der Waals surface area contributed by atoms with Crippen LogP contribution in [0.15, 0.2) is 0 Å². The summed E-state index contributed by atoms with van der Waals surface area (Å²) in [5.74, 6) is -0.502. The fourth-order valence-corrected chi connectivity index (χ4v) is 5.94. The number of hydrogen-bond acceptors (Lipinski definition) is 16. The monoisotopic (exact) mass is 607 g/mol. The number of carbonyl (C=O) groups excluding carboxylic acids is 1. The molecule has 0 aromatic rings. The van der Waals surface area contributed by atoms with E-state index in [1.54, 1.807) is 0 Å². The Balaban J connectivity index is 1.52. The molecule has 0 unspecified atom stereocenters. The van der Waals surface area contributed by atoms with Gasteiger partial charge in [0.1, 0.15) is 36.6 Å². The molecular weight excluding hydrogens is 558 g/mol.